The average Bonchev–Trinajstić information content (AvgIpc) is 3.46. The van der Waals surface area contributed by atoms with E-state index in [0.29, 0.717) is 19.3 Å². The molecule has 0 aromatic carbocycles. The first-order chi connectivity index (χ1) is 39.5. The normalized spacial score (nSPS) is 13.0. The van der Waals surface area contributed by atoms with Crippen LogP contribution in [0.25, 0.3) is 0 Å². The van der Waals surface area contributed by atoms with Crippen molar-refractivity contribution < 1.29 is 28.6 Å². The summed E-state index contributed by atoms with van der Waals surface area (Å²) >= 11 is 0. The maximum absolute atomic E-state index is 12.9. The number of allylic oxidation sites excluding steroid dienone is 22. The van der Waals surface area contributed by atoms with E-state index < -0.39 is 12.1 Å². The van der Waals surface area contributed by atoms with Gasteiger partial charge in [0.1, 0.15) is 13.2 Å². The van der Waals surface area contributed by atoms with Gasteiger partial charge in [0.25, 0.3) is 0 Å². The van der Waals surface area contributed by atoms with E-state index in [0.717, 1.165) is 116 Å². The zero-order chi connectivity index (χ0) is 57.8. The Hall–Kier alpha value is -4.45. The summed E-state index contributed by atoms with van der Waals surface area (Å²) in [5.41, 5.74) is 0. The Kier molecular flexibility index (Phi) is 63.3. The van der Waals surface area contributed by atoms with Gasteiger partial charge in [0.05, 0.1) is 0 Å². The third kappa shape index (κ3) is 64.4. The number of rotatable bonds is 59. The highest BCUT2D eigenvalue weighted by atomic mass is 16.6. The van der Waals surface area contributed by atoms with Gasteiger partial charge in [-0.15, -0.1) is 0 Å². The molecule has 0 N–H and O–H groups in total. The van der Waals surface area contributed by atoms with Crippen LogP contribution in [0.3, 0.4) is 0 Å². The highest BCUT2D eigenvalue weighted by Gasteiger charge is 2.19. The molecule has 0 radical (unpaired) electrons. The maximum atomic E-state index is 12.9. The van der Waals surface area contributed by atoms with Gasteiger partial charge in [-0.05, 0) is 122 Å². The Bertz CT molecular complexity index is 1700. The van der Waals surface area contributed by atoms with Crippen molar-refractivity contribution in [2.75, 3.05) is 13.2 Å². The topological polar surface area (TPSA) is 78.9 Å². The lowest BCUT2D eigenvalue weighted by atomic mass is 10.0. The van der Waals surface area contributed by atoms with Crippen LogP contribution in [-0.4, -0.2) is 37.2 Å². The number of carbonyl (C=O) groups is 3. The van der Waals surface area contributed by atoms with Crippen molar-refractivity contribution >= 4 is 17.9 Å². The molecule has 80 heavy (non-hydrogen) atoms. The molecule has 0 bridgehead atoms. The van der Waals surface area contributed by atoms with Crippen LogP contribution in [-0.2, 0) is 28.6 Å². The molecule has 0 saturated carbocycles. The number of unbranched alkanes of at least 4 members (excludes halogenated alkanes) is 26. The molecule has 454 valence electrons. The van der Waals surface area contributed by atoms with Gasteiger partial charge < -0.3 is 14.2 Å². The molecule has 1 atom stereocenters. The minimum Gasteiger partial charge on any atom is -0.462 e. The van der Waals surface area contributed by atoms with Crippen LogP contribution in [0.5, 0.6) is 0 Å². The summed E-state index contributed by atoms with van der Waals surface area (Å²) in [5, 5.41) is 0. The Balaban J connectivity index is 4.36. The lowest BCUT2D eigenvalue weighted by molar-refractivity contribution is -0.166. The maximum Gasteiger partial charge on any atom is 0.306 e. The molecule has 0 aromatic heterocycles. The average molecular weight is 1110 g/mol. The Morgan fingerprint density at radius 2 is 0.512 bits per heavy atom. The van der Waals surface area contributed by atoms with E-state index in [1.807, 2.05) is 6.08 Å². The second-order valence-electron chi connectivity index (χ2n) is 21.6. The van der Waals surface area contributed by atoms with E-state index in [2.05, 4.69) is 148 Å². The predicted octanol–water partition coefficient (Wildman–Crippen LogP) is 22.9. The molecule has 6 nitrogen and oxygen atoms in total. The molecule has 0 spiro atoms. The number of esters is 3. The fourth-order valence-electron chi connectivity index (χ4n) is 8.99. The van der Waals surface area contributed by atoms with Crippen LogP contribution in [0.1, 0.15) is 297 Å². The van der Waals surface area contributed by atoms with Crippen molar-refractivity contribution in [3.8, 4) is 0 Å². The van der Waals surface area contributed by atoms with Crippen LogP contribution in [0.15, 0.2) is 134 Å². The quantitative estimate of drug-likeness (QED) is 0.0261. The number of hydrogen-bond donors (Lipinski definition) is 0. The van der Waals surface area contributed by atoms with Gasteiger partial charge in [0.2, 0.25) is 0 Å². The third-order valence-corrected chi connectivity index (χ3v) is 13.9. The second-order valence-corrected chi connectivity index (χ2v) is 21.6. The van der Waals surface area contributed by atoms with Gasteiger partial charge in [-0.25, -0.2) is 0 Å². The monoisotopic (exact) mass is 1110 g/mol. The number of hydrogen-bond acceptors (Lipinski definition) is 6. The fourth-order valence-corrected chi connectivity index (χ4v) is 8.99. The van der Waals surface area contributed by atoms with E-state index in [4.69, 9.17) is 14.2 Å². The van der Waals surface area contributed by atoms with E-state index in [1.54, 1.807) is 0 Å². The zero-order valence-electron chi connectivity index (χ0n) is 52.0. The largest absolute Gasteiger partial charge is 0.462 e. The summed E-state index contributed by atoms with van der Waals surface area (Å²) in [6.45, 7) is 6.35. The van der Waals surface area contributed by atoms with E-state index in [-0.39, 0.29) is 31.6 Å². The zero-order valence-corrected chi connectivity index (χ0v) is 52.0. The molecule has 0 heterocycles. The number of ether oxygens (including phenoxy) is 3. The molecule has 0 saturated heterocycles. The van der Waals surface area contributed by atoms with Gasteiger partial charge in [-0.3, -0.25) is 14.4 Å². The van der Waals surface area contributed by atoms with Crippen molar-refractivity contribution in [3.63, 3.8) is 0 Å². The minimum absolute atomic E-state index is 0.112. The van der Waals surface area contributed by atoms with E-state index >= 15 is 0 Å². The van der Waals surface area contributed by atoms with Gasteiger partial charge in [-0.2, -0.15) is 0 Å². The molecule has 0 rings (SSSR count). The SMILES string of the molecule is CC/C=C\C/C=C\C/C=C\C/C=C\C/C=C\C/C=C\CCC(=O)OC(COC(=O)CCCCCCC/C=C\CCCCCCC)COC(=O)CCCCCCCCCCCCCCCCCC/C=C\C/C=C\C/C=C\C/C=C\CC. The predicted molar refractivity (Wildman–Crippen MR) is 348 cm³/mol. The smallest absolute Gasteiger partial charge is 0.306 e. The van der Waals surface area contributed by atoms with Gasteiger partial charge >= 0.3 is 17.9 Å². The van der Waals surface area contributed by atoms with Gasteiger partial charge in [-0.1, -0.05) is 289 Å². The van der Waals surface area contributed by atoms with Crippen molar-refractivity contribution in [1.82, 2.24) is 0 Å². The van der Waals surface area contributed by atoms with Crippen molar-refractivity contribution in [3.05, 3.63) is 134 Å². The Morgan fingerprint density at radius 3 is 0.825 bits per heavy atom. The highest BCUT2D eigenvalue weighted by Crippen LogP contribution is 2.16. The summed E-state index contributed by atoms with van der Waals surface area (Å²) in [7, 11) is 0. The molecule has 0 amide bonds. The first-order valence-corrected chi connectivity index (χ1v) is 33.2. The van der Waals surface area contributed by atoms with Crippen molar-refractivity contribution in [2.24, 2.45) is 0 Å². The lowest BCUT2D eigenvalue weighted by Gasteiger charge is -2.18. The Morgan fingerprint density at radius 1 is 0.263 bits per heavy atom. The molecule has 0 aliphatic heterocycles. The van der Waals surface area contributed by atoms with Crippen LogP contribution < -0.4 is 0 Å². The molecule has 0 aliphatic carbocycles. The summed E-state index contributed by atoms with van der Waals surface area (Å²) in [6.07, 6.45) is 94.8. The standard InChI is InChI=1S/C74H122O6/c1-4-7-10-13-16-19-22-25-28-30-32-33-34-35-36-37-38-39-40-41-43-44-46-49-52-55-58-61-64-67-73(76)79-70-71(69-78-72(75)66-63-60-57-54-51-48-27-24-21-18-15-12-9-6-3)80-74(77)68-65-62-59-56-53-50-47-45-42-31-29-26-23-20-17-14-11-8-5-2/h7-8,10-11,16-17,19-20,24-29,32-33,42,45,50,53,59,62,71H,4-6,9,12-15,18,21-23,30-31,34-41,43-44,46-49,51-52,54-58,60-61,63-70H2,1-3H3/b10-7-,11-8-,19-16-,20-17-,27-24-,28-25-,29-26-,33-32-,45-42-,53-50-,62-59-. The summed E-state index contributed by atoms with van der Waals surface area (Å²) < 4.78 is 16.9. The lowest BCUT2D eigenvalue weighted by Crippen LogP contribution is -2.30. The molecule has 1 unspecified atom stereocenters. The van der Waals surface area contributed by atoms with E-state index in [1.165, 1.54) is 135 Å². The minimum atomic E-state index is -0.826. The van der Waals surface area contributed by atoms with E-state index in [9.17, 15) is 14.4 Å². The third-order valence-electron chi connectivity index (χ3n) is 13.9. The summed E-state index contributed by atoms with van der Waals surface area (Å²) in [5.74, 6) is -1.00. The highest BCUT2D eigenvalue weighted by molar-refractivity contribution is 5.71. The van der Waals surface area contributed by atoms with Crippen molar-refractivity contribution in [1.29, 1.82) is 0 Å². The Labute approximate surface area is 494 Å². The van der Waals surface area contributed by atoms with Crippen LogP contribution in [0.4, 0.5) is 0 Å². The van der Waals surface area contributed by atoms with Crippen LogP contribution in [0.2, 0.25) is 0 Å². The molecule has 0 aromatic rings. The van der Waals surface area contributed by atoms with Crippen LogP contribution in [0, 0.1) is 0 Å². The van der Waals surface area contributed by atoms with Gasteiger partial charge in [0, 0.05) is 19.3 Å². The summed E-state index contributed by atoms with van der Waals surface area (Å²) in [6, 6.07) is 0. The first-order valence-electron chi connectivity index (χ1n) is 33.2. The van der Waals surface area contributed by atoms with Gasteiger partial charge in [0.15, 0.2) is 6.10 Å². The molecule has 0 aliphatic rings. The van der Waals surface area contributed by atoms with Crippen LogP contribution >= 0.6 is 0 Å². The molecule has 0 fully saturated rings. The molecule has 6 heteroatoms. The van der Waals surface area contributed by atoms with Crippen molar-refractivity contribution in [2.45, 2.75) is 303 Å². The molecular formula is C74H122O6. The fraction of sp³-hybridized carbons (Fsp3) is 0.662. The number of carbonyl (C=O) groups excluding carboxylic acids is 3. The molecular weight excluding hydrogens is 985 g/mol. The summed E-state index contributed by atoms with van der Waals surface area (Å²) in [4.78, 5) is 38.3. The first kappa shape index (κ1) is 75.5. The second kappa shape index (κ2) is 67.1.